The lowest BCUT2D eigenvalue weighted by Crippen LogP contribution is -2.49. The van der Waals surface area contributed by atoms with Gasteiger partial charge < -0.3 is 20.8 Å². The number of amides is 2. The van der Waals surface area contributed by atoms with Gasteiger partial charge in [-0.3, -0.25) is 14.4 Å². The first-order valence-electron chi connectivity index (χ1n) is 14.6. The zero-order valence-electron chi connectivity index (χ0n) is 24.7. The van der Waals surface area contributed by atoms with Crippen LogP contribution in [0.4, 0.5) is 5.69 Å². The SMILES string of the molecule is CCCCCCCc1ccc(C(=O)Nc2ccc(C[C@H](NC(=O)[C@H]3CC[C@@](C)(C(=O)O)C3(C)C)C(=O)O)cc2)cc1. The minimum Gasteiger partial charge on any atom is -0.481 e. The number of anilines is 1. The zero-order chi connectivity index (χ0) is 30.2. The maximum atomic E-state index is 13.1. The van der Waals surface area contributed by atoms with E-state index in [1.807, 2.05) is 24.3 Å². The lowest BCUT2D eigenvalue weighted by Gasteiger charge is -2.38. The summed E-state index contributed by atoms with van der Waals surface area (Å²) in [6.07, 6.45) is 7.91. The van der Waals surface area contributed by atoms with Gasteiger partial charge in [-0.1, -0.05) is 70.7 Å². The Morgan fingerprint density at radius 1 is 0.878 bits per heavy atom. The van der Waals surface area contributed by atoms with E-state index in [1.54, 1.807) is 45.0 Å². The van der Waals surface area contributed by atoms with Crippen molar-refractivity contribution in [3.63, 3.8) is 0 Å². The van der Waals surface area contributed by atoms with E-state index in [0.29, 0.717) is 29.7 Å². The maximum absolute atomic E-state index is 13.1. The Morgan fingerprint density at radius 3 is 2.05 bits per heavy atom. The molecule has 1 fully saturated rings. The van der Waals surface area contributed by atoms with Gasteiger partial charge in [0.25, 0.3) is 5.91 Å². The molecule has 2 aromatic rings. The number of carbonyl (C=O) groups is 4. The molecule has 2 amide bonds. The fraction of sp³-hybridized carbons (Fsp3) is 0.515. The van der Waals surface area contributed by atoms with E-state index in [4.69, 9.17) is 0 Å². The van der Waals surface area contributed by atoms with Crippen molar-refractivity contribution < 1.29 is 29.4 Å². The van der Waals surface area contributed by atoms with Gasteiger partial charge in [-0.25, -0.2) is 4.79 Å². The molecule has 8 heteroatoms. The second-order valence-corrected chi connectivity index (χ2v) is 12.1. The fourth-order valence-corrected chi connectivity index (χ4v) is 5.73. The summed E-state index contributed by atoms with van der Waals surface area (Å²) in [7, 11) is 0. The van der Waals surface area contributed by atoms with Crippen LogP contribution in [0, 0.1) is 16.7 Å². The van der Waals surface area contributed by atoms with Gasteiger partial charge in [-0.2, -0.15) is 0 Å². The van der Waals surface area contributed by atoms with Crippen molar-refractivity contribution in [1.82, 2.24) is 5.32 Å². The van der Waals surface area contributed by atoms with Gasteiger partial charge in [-0.15, -0.1) is 0 Å². The lowest BCUT2D eigenvalue weighted by molar-refractivity contribution is -0.155. The first-order valence-corrected chi connectivity index (χ1v) is 14.6. The van der Waals surface area contributed by atoms with Crippen molar-refractivity contribution in [3.8, 4) is 0 Å². The predicted octanol–water partition coefficient (Wildman–Crippen LogP) is 6.09. The van der Waals surface area contributed by atoms with Crippen molar-refractivity contribution in [2.75, 3.05) is 5.32 Å². The molecule has 0 unspecified atom stereocenters. The molecule has 1 saturated carbocycles. The van der Waals surface area contributed by atoms with Crippen molar-refractivity contribution in [3.05, 3.63) is 65.2 Å². The van der Waals surface area contributed by atoms with Gasteiger partial charge in [0, 0.05) is 23.6 Å². The molecule has 4 N–H and O–H groups in total. The maximum Gasteiger partial charge on any atom is 0.326 e. The number of unbranched alkanes of at least 4 members (excludes halogenated alkanes) is 4. The van der Waals surface area contributed by atoms with Crippen LogP contribution in [0.1, 0.15) is 94.1 Å². The molecule has 41 heavy (non-hydrogen) atoms. The van der Waals surface area contributed by atoms with E-state index in [9.17, 15) is 29.4 Å². The highest BCUT2D eigenvalue weighted by molar-refractivity contribution is 6.04. The third-order valence-electron chi connectivity index (χ3n) is 9.07. The predicted molar refractivity (Wildman–Crippen MR) is 159 cm³/mol. The molecule has 0 bridgehead atoms. The third-order valence-corrected chi connectivity index (χ3v) is 9.07. The summed E-state index contributed by atoms with van der Waals surface area (Å²) in [5.74, 6) is -3.40. The third kappa shape index (κ3) is 7.75. The van der Waals surface area contributed by atoms with Crippen LogP contribution < -0.4 is 10.6 Å². The number of carboxylic acids is 2. The van der Waals surface area contributed by atoms with E-state index >= 15 is 0 Å². The molecule has 0 saturated heterocycles. The van der Waals surface area contributed by atoms with Gasteiger partial charge in [0.2, 0.25) is 5.91 Å². The standard InChI is InChI=1S/C33H44N2O6/c1-5-6-7-8-9-10-22-11-15-24(16-12-22)28(36)34-25-17-13-23(14-18-25)21-27(30(38)39)35-29(37)26-19-20-33(4,31(40)41)32(26,2)3/h11-18,26-27H,5-10,19-21H2,1-4H3,(H,34,36)(H,35,37)(H,38,39)(H,40,41)/t26-,27+,33+/m1/s1. The molecule has 1 aliphatic carbocycles. The second kappa shape index (κ2) is 13.8. The average molecular weight is 565 g/mol. The molecular weight excluding hydrogens is 520 g/mol. The Balaban J connectivity index is 1.55. The Labute approximate surface area is 242 Å². The van der Waals surface area contributed by atoms with Crippen LogP contribution in [0.2, 0.25) is 0 Å². The largest absolute Gasteiger partial charge is 0.481 e. The van der Waals surface area contributed by atoms with E-state index in [1.165, 1.54) is 31.2 Å². The molecule has 0 heterocycles. The first-order chi connectivity index (χ1) is 19.4. The number of hydrogen-bond acceptors (Lipinski definition) is 4. The number of aryl methyl sites for hydroxylation is 1. The Morgan fingerprint density at radius 2 is 1.49 bits per heavy atom. The summed E-state index contributed by atoms with van der Waals surface area (Å²) >= 11 is 0. The molecule has 3 atom stereocenters. The van der Waals surface area contributed by atoms with E-state index < -0.39 is 40.6 Å². The molecule has 0 spiro atoms. The number of carbonyl (C=O) groups excluding carboxylic acids is 2. The number of hydrogen-bond donors (Lipinski definition) is 4. The van der Waals surface area contributed by atoms with Crippen LogP contribution >= 0.6 is 0 Å². The minimum absolute atomic E-state index is 0.0541. The Bertz CT molecular complexity index is 1220. The average Bonchev–Trinajstić information content (AvgIpc) is 3.18. The van der Waals surface area contributed by atoms with E-state index in [-0.39, 0.29) is 12.3 Å². The normalized spacial score (nSPS) is 20.2. The van der Waals surface area contributed by atoms with Crippen LogP contribution in [0.3, 0.4) is 0 Å². The van der Waals surface area contributed by atoms with Crippen LogP contribution in [-0.2, 0) is 27.2 Å². The minimum atomic E-state index is -1.17. The molecule has 8 nitrogen and oxygen atoms in total. The first kappa shape index (κ1) is 31.8. The molecule has 0 aliphatic heterocycles. The highest BCUT2D eigenvalue weighted by Crippen LogP contribution is 2.56. The fourth-order valence-electron chi connectivity index (χ4n) is 5.73. The van der Waals surface area contributed by atoms with Gasteiger partial charge in [-0.05, 0) is 73.4 Å². The number of carboxylic acid groups (broad SMARTS) is 2. The van der Waals surface area contributed by atoms with Gasteiger partial charge in [0.1, 0.15) is 6.04 Å². The topological polar surface area (TPSA) is 133 Å². The van der Waals surface area contributed by atoms with Crippen LogP contribution in [0.5, 0.6) is 0 Å². The quantitative estimate of drug-likeness (QED) is 0.205. The highest BCUT2D eigenvalue weighted by Gasteiger charge is 2.58. The molecule has 3 rings (SSSR count). The van der Waals surface area contributed by atoms with Crippen LogP contribution in [-0.4, -0.2) is 40.0 Å². The molecule has 1 aliphatic rings. The molecule has 2 aromatic carbocycles. The van der Waals surface area contributed by atoms with Gasteiger partial charge in [0.05, 0.1) is 5.41 Å². The highest BCUT2D eigenvalue weighted by atomic mass is 16.4. The number of nitrogens with one attached hydrogen (secondary N) is 2. The summed E-state index contributed by atoms with van der Waals surface area (Å²) in [5, 5.41) is 25.0. The number of aliphatic carboxylic acids is 2. The van der Waals surface area contributed by atoms with Crippen molar-refractivity contribution in [1.29, 1.82) is 0 Å². The molecule has 0 radical (unpaired) electrons. The van der Waals surface area contributed by atoms with Gasteiger partial charge >= 0.3 is 11.9 Å². The monoisotopic (exact) mass is 564 g/mol. The van der Waals surface area contributed by atoms with E-state index in [0.717, 1.165) is 12.8 Å². The summed E-state index contributed by atoms with van der Waals surface area (Å²) in [6, 6.07) is 13.3. The van der Waals surface area contributed by atoms with E-state index in [2.05, 4.69) is 17.6 Å². The smallest absolute Gasteiger partial charge is 0.326 e. The summed E-state index contributed by atoms with van der Waals surface area (Å²) in [5.41, 5.74) is 1.14. The van der Waals surface area contributed by atoms with Crippen molar-refractivity contribution in [2.45, 2.75) is 91.5 Å². The zero-order valence-corrected chi connectivity index (χ0v) is 24.7. The Kier molecular flexibility index (Phi) is 10.7. The van der Waals surface area contributed by atoms with Crippen LogP contribution in [0.15, 0.2) is 48.5 Å². The van der Waals surface area contributed by atoms with Crippen molar-refractivity contribution >= 4 is 29.4 Å². The molecule has 0 aromatic heterocycles. The summed E-state index contributed by atoms with van der Waals surface area (Å²) < 4.78 is 0. The molecule has 222 valence electrons. The molecular formula is C33H44N2O6. The number of rotatable bonds is 14. The van der Waals surface area contributed by atoms with Gasteiger partial charge in [0.15, 0.2) is 0 Å². The summed E-state index contributed by atoms with van der Waals surface area (Å²) in [4.78, 5) is 49.7. The Hall–Kier alpha value is -3.68. The number of benzene rings is 2. The summed E-state index contributed by atoms with van der Waals surface area (Å²) in [6.45, 7) is 7.35. The van der Waals surface area contributed by atoms with Crippen LogP contribution in [0.25, 0.3) is 0 Å². The second-order valence-electron chi connectivity index (χ2n) is 12.1. The lowest BCUT2D eigenvalue weighted by atomic mass is 9.65. The van der Waals surface area contributed by atoms with Crippen molar-refractivity contribution in [2.24, 2.45) is 16.7 Å².